The van der Waals surface area contributed by atoms with Crippen LogP contribution in [0.3, 0.4) is 0 Å². The molecule has 2 aliphatic heterocycles. The maximum Gasteiger partial charge on any atom is 0.339 e. The number of amides is 5. The third-order valence-electron chi connectivity index (χ3n) is 7.46. The topological polar surface area (TPSA) is 125 Å². The highest BCUT2D eigenvalue weighted by Crippen LogP contribution is 2.30. The average Bonchev–Trinajstić information content (AvgIpc) is 3.31. The fraction of sp³-hybridized carbons (Fsp3) is 0.281. The van der Waals surface area contributed by atoms with Crippen LogP contribution in [0, 0.1) is 0 Å². The summed E-state index contributed by atoms with van der Waals surface area (Å²) in [5.74, 6) is -1.64. The number of piperidine rings is 1. The van der Waals surface area contributed by atoms with Crippen LogP contribution in [0.25, 0.3) is 0 Å². The first-order chi connectivity index (χ1) is 20.2. The molecule has 42 heavy (non-hydrogen) atoms. The highest BCUT2D eigenvalue weighted by Gasteiger charge is 2.43. The number of anilines is 1. The van der Waals surface area contributed by atoms with Crippen LogP contribution in [0.2, 0.25) is 0 Å². The Labute approximate surface area is 243 Å². The van der Waals surface area contributed by atoms with E-state index >= 15 is 0 Å². The Bertz CT molecular complexity index is 1540. The fourth-order valence-corrected chi connectivity index (χ4v) is 5.12. The molecule has 1 fully saturated rings. The van der Waals surface area contributed by atoms with Gasteiger partial charge < -0.3 is 20.3 Å². The molecular formula is C32H32N4O6. The van der Waals surface area contributed by atoms with Gasteiger partial charge in [0.1, 0.15) is 6.04 Å². The summed E-state index contributed by atoms with van der Waals surface area (Å²) < 4.78 is 5.23. The van der Waals surface area contributed by atoms with Crippen molar-refractivity contribution >= 4 is 35.4 Å². The minimum absolute atomic E-state index is 0.0454. The molecule has 5 rings (SSSR count). The van der Waals surface area contributed by atoms with Gasteiger partial charge in [-0.25, -0.2) is 14.5 Å². The summed E-state index contributed by atoms with van der Waals surface area (Å²) in [5.41, 5.74) is 4.14. The fourth-order valence-electron chi connectivity index (χ4n) is 5.12. The Hall–Kier alpha value is -4.99. The summed E-state index contributed by atoms with van der Waals surface area (Å²) >= 11 is 0. The van der Waals surface area contributed by atoms with Crippen molar-refractivity contribution in [1.82, 2.24) is 15.1 Å². The zero-order valence-electron chi connectivity index (χ0n) is 23.5. The molecule has 216 valence electrons. The van der Waals surface area contributed by atoms with Gasteiger partial charge in [-0.2, -0.15) is 0 Å². The lowest BCUT2D eigenvalue weighted by atomic mass is 10.0. The number of nitrogens with one attached hydrogen (secondary N) is 2. The van der Waals surface area contributed by atoms with Crippen LogP contribution in [0.1, 0.15) is 70.0 Å². The third kappa shape index (κ3) is 6.17. The summed E-state index contributed by atoms with van der Waals surface area (Å²) in [6.45, 7) is 4.09. The predicted molar refractivity (Wildman–Crippen MR) is 154 cm³/mol. The van der Waals surface area contributed by atoms with Crippen LogP contribution in [0.5, 0.6) is 0 Å². The number of imide groups is 1. The van der Waals surface area contributed by atoms with Gasteiger partial charge in [-0.1, -0.05) is 56.3 Å². The minimum Gasteiger partial charge on any atom is -0.440 e. The number of benzene rings is 3. The van der Waals surface area contributed by atoms with E-state index in [0.29, 0.717) is 22.7 Å². The van der Waals surface area contributed by atoms with E-state index < -0.39 is 30.6 Å². The summed E-state index contributed by atoms with van der Waals surface area (Å²) in [6.07, 6.45) is 0.233. The number of rotatable bonds is 8. The Morgan fingerprint density at radius 3 is 2.52 bits per heavy atom. The second kappa shape index (κ2) is 12.3. The first-order valence-corrected chi connectivity index (χ1v) is 13.8. The second-order valence-electron chi connectivity index (χ2n) is 10.7. The highest BCUT2D eigenvalue weighted by molar-refractivity contribution is 6.05. The number of carbonyl (C=O) groups is 5. The van der Waals surface area contributed by atoms with Crippen molar-refractivity contribution in [2.24, 2.45) is 0 Å². The maximum absolute atomic E-state index is 13.3. The van der Waals surface area contributed by atoms with Gasteiger partial charge in [0.15, 0.2) is 6.73 Å². The number of nitrogens with zero attached hydrogens (tertiary/aromatic N) is 2. The second-order valence-corrected chi connectivity index (χ2v) is 10.7. The summed E-state index contributed by atoms with van der Waals surface area (Å²) in [7, 11) is 0. The van der Waals surface area contributed by atoms with Crippen molar-refractivity contribution in [2.75, 3.05) is 12.0 Å². The van der Waals surface area contributed by atoms with Gasteiger partial charge in [0, 0.05) is 30.8 Å². The number of fused-ring (bicyclic) bond motifs is 1. The Kier molecular flexibility index (Phi) is 8.33. The maximum atomic E-state index is 13.3. The van der Waals surface area contributed by atoms with Crippen molar-refractivity contribution in [3.63, 3.8) is 0 Å². The number of urea groups is 1. The first-order valence-electron chi connectivity index (χ1n) is 13.8. The van der Waals surface area contributed by atoms with E-state index in [0.717, 1.165) is 21.6 Å². The molecule has 2 N–H and O–H groups in total. The Balaban J connectivity index is 1.19. The van der Waals surface area contributed by atoms with Gasteiger partial charge in [-0.15, -0.1) is 0 Å². The number of esters is 1. The number of carbonyl (C=O) groups excluding carboxylic acids is 5. The van der Waals surface area contributed by atoms with Crippen LogP contribution in [0.4, 0.5) is 10.5 Å². The van der Waals surface area contributed by atoms with Crippen molar-refractivity contribution in [3.8, 4) is 0 Å². The SMILES string of the molecule is CC(C)c1cccc(NC(=O)NCc2ccc3c(c2)CN(C2CCC(=O)N(COC(=O)c4ccccc4)C2=O)C3=O)c1. The quantitative estimate of drug-likeness (QED) is 0.306. The normalized spacial score (nSPS) is 16.5. The Morgan fingerprint density at radius 2 is 1.76 bits per heavy atom. The molecule has 5 amide bonds. The zero-order chi connectivity index (χ0) is 29.8. The van der Waals surface area contributed by atoms with Crippen LogP contribution in [-0.2, 0) is 27.4 Å². The van der Waals surface area contributed by atoms with Crippen molar-refractivity contribution in [2.45, 2.75) is 51.7 Å². The van der Waals surface area contributed by atoms with Crippen LogP contribution < -0.4 is 10.6 Å². The lowest BCUT2D eigenvalue weighted by molar-refractivity contribution is -0.156. The molecule has 0 saturated carbocycles. The van der Waals surface area contributed by atoms with E-state index in [1.165, 1.54) is 4.90 Å². The highest BCUT2D eigenvalue weighted by atomic mass is 16.5. The van der Waals surface area contributed by atoms with Crippen molar-refractivity contribution < 1.29 is 28.7 Å². The van der Waals surface area contributed by atoms with Gasteiger partial charge in [-0.05, 0) is 59.4 Å². The molecule has 3 aromatic carbocycles. The number of ether oxygens (including phenoxy) is 1. The van der Waals surface area contributed by atoms with E-state index in [1.807, 2.05) is 30.3 Å². The molecule has 1 atom stereocenters. The molecule has 3 aromatic rings. The van der Waals surface area contributed by atoms with E-state index in [4.69, 9.17) is 4.74 Å². The van der Waals surface area contributed by atoms with Crippen molar-refractivity contribution in [3.05, 3.63) is 101 Å². The van der Waals surface area contributed by atoms with Gasteiger partial charge >= 0.3 is 12.0 Å². The predicted octanol–water partition coefficient (Wildman–Crippen LogP) is 4.42. The van der Waals surface area contributed by atoms with Gasteiger partial charge in [0.2, 0.25) is 5.91 Å². The molecule has 0 aliphatic carbocycles. The molecular weight excluding hydrogens is 536 g/mol. The van der Waals surface area contributed by atoms with E-state index in [1.54, 1.807) is 42.5 Å². The van der Waals surface area contributed by atoms with Gasteiger partial charge in [0.05, 0.1) is 5.56 Å². The smallest absolute Gasteiger partial charge is 0.339 e. The van der Waals surface area contributed by atoms with Crippen LogP contribution in [-0.4, -0.2) is 52.3 Å². The molecule has 0 bridgehead atoms. The standard InChI is InChI=1S/C32H32N4O6/c1-20(2)23-9-6-10-25(16-23)34-32(41)33-17-21-11-12-26-24(15-21)18-35(29(26)38)27-13-14-28(37)36(30(27)39)19-42-31(40)22-7-4-3-5-8-22/h3-12,15-16,20,27H,13-14,17-19H2,1-2H3,(H2,33,34,41). The zero-order valence-corrected chi connectivity index (χ0v) is 23.5. The lowest BCUT2D eigenvalue weighted by Crippen LogP contribution is -2.55. The molecule has 0 aromatic heterocycles. The molecule has 1 unspecified atom stereocenters. The molecule has 0 spiro atoms. The number of likely N-dealkylation sites (tertiary alicyclic amines) is 1. The molecule has 2 aliphatic rings. The molecule has 10 heteroatoms. The molecule has 10 nitrogen and oxygen atoms in total. The summed E-state index contributed by atoms with van der Waals surface area (Å²) in [5, 5.41) is 5.68. The number of hydrogen-bond acceptors (Lipinski definition) is 6. The van der Waals surface area contributed by atoms with Gasteiger partial charge in [0.25, 0.3) is 11.8 Å². The van der Waals surface area contributed by atoms with E-state index in [2.05, 4.69) is 24.5 Å². The number of hydrogen-bond donors (Lipinski definition) is 2. The van der Waals surface area contributed by atoms with E-state index in [9.17, 15) is 24.0 Å². The first kappa shape index (κ1) is 28.5. The molecule has 1 saturated heterocycles. The third-order valence-corrected chi connectivity index (χ3v) is 7.46. The van der Waals surface area contributed by atoms with Crippen molar-refractivity contribution in [1.29, 1.82) is 0 Å². The monoisotopic (exact) mass is 568 g/mol. The lowest BCUT2D eigenvalue weighted by Gasteiger charge is -2.34. The Morgan fingerprint density at radius 1 is 0.976 bits per heavy atom. The summed E-state index contributed by atoms with van der Waals surface area (Å²) in [6, 6.07) is 20.1. The minimum atomic E-state index is -0.855. The average molecular weight is 569 g/mol. The molecule has 0 radical (unpaired) electrons. The van der Waals surface area contributed by atoms with Gasteiger partial charge in [-0.3, -0.25) is 14.4 Å². The van der Waals surface area contributed by atoms with Crippen LogP contribution >= 0.6 is 0 Å². The largest absolute Gasteiger partial charge is 0.440 e. The summed E-state index contributed by atoms with van der Waals surface area (Å²) in [4.78, 5) is 66.2. The van der Waals surface area contributed by atoms with E-state index in [-0.39, 0.29) is 37.9 Å². The molecule has 2 heterocycles. The van der Waals surface area contributed by atoms with Crippen LogP contribution in [0.15, 0.2) is 72.8 Å².